The van der Waals surface area contributed by atoms with Crippen molar-refractivity contribution < 1.29 is 0 Å². The van der Waals surface area contributed by atoms with Crippen LogP contribution in [0.4, 0.5) is 0 Å². The predicted octanol–water partition coefficient (Wildman–Crippen LogP) is 3.49. The molecule has 0 aromatic carbocycles. The standard InChI is InChI=1S/C17H26N2S/c1-16(13-5-6-13)12-19(10-15-4-3-9-20-15)17(2,11-18-16)14-7-8-14/h3-4,9,13-14,18H,5-8,10-12H2,1-2H3. The van der Waals surface area contributed by atoms with Crippen molar-refractivity contribution in [3.63, 3.8) is 0 Å². The summed E-state index contributed by atoms with van der Waals surface area (Å²) < 4.78 is 0. The SMILES string of the molecule is CC1(C2CC2)CN(Cc2cccs2)C(C)(C2CC2)CN1. The fourth-order valence-electron chi connectivity index (χ4n) is 4.05. The third-order valence-electron chi connectivity index (χ3n) is 5.95. The third kappa shape index (κ3) is 2.24. The van der Waals surface area contributed by atoms with Crippen molar-refractivity contribution in [1.29, 1.82) is 0 Å². The highest BCUT2D eigenvalue weighted by atomic mass is 32.1. The average Bonchev–Trinajstić information content (AvgIpc) is 3.32. The first kappa shape index (κ1) is 13.3. The maximum absolute atomic E-state index is 3.94. The molecule has 0 spiro atoms. The molecule has 1 N–H and O–H groups in total. The Morgan fingerprint density at radius 3 is 2.60 bits per heavy atom. The van der Waals surface area contributed by atoms with Crippen molar-refractivity contribution >= 4 is 11.3 Å². The Kier molecular flexibility index (Phi) is 3.03. The van der Waals surface area contributed by atoms with Crippen LogP contribution in [0.3, 0.4) is 0 Å². The lowest BCUT2D eigenvalue weighted by molar-refractivity contribution is -0.00638. The molecule has 3 heteroatoms. The molecule has 1 aromatic rings. The summed E-state index contributed by atoms with van der Waals surface area (Å²) in [5, 5.41) is 6.16. The van der Waals surface area contributed by atoms with E-state index in [1.165, 1.54) is 43.6 Å². The van der Waals surface area contributed by atoms with Crippen molar-refractivity contribution in [3.8, 4) is 0 Å². The Morgan fingerprint density at radius 1 is 1.25 bits per heavy atom. The lowest BCUT2D eigenvalue weighted by Crippen LogP contribution is -2.69. The molecule has 2 saturated carbocycles. The van der Waals surface area contributed by atoms with Gasteiger partial charge in [0.15, 0.2) is 0 Å². The zero-order valence-corrected chi connectivity index (χ0v) is 13.5. The first-order valence-corrected chi connectivity index (χ1v) is 9.01. The van der Waals surface area contributed by atoms with Crippen LogP contribution in [0.15, 0.2) is 17.5 Å². The van der Waals surface area contributed by atoms with Crippen LogP contribution in [0.2, 0.25) is 0 Å². The molecule has 3 aliphatic rings. The summed E-state index contributed by atoms with van der Waals surface area (Å²) in [4.78, 5) is 4.34. The van der Waals surface area contributed by atoms with Crippen molar-refractivity contribution in [2.24, 2.45) is 11.8 Å². The molecule has 1 aromatic heterocycles. The van der Waals surface area contributed by atoms with Gasteiger partial charge in [-0.25, -0.2) is 0 Å². The van der Waals surface area contributed by atoms with E-state index < -0.39 is 0 Å². The highest BCUT2D eigenvalue weighted by Gasteiger charge is 2.54. The molecule has 1 aliphatic heterocycles. The molecule has 2 unspecified atom stereocenters. The quantitative estimate of drug-likeness (QED) is 0.913. The molecule has 0 radical (unpaired) electrons. The molecule has 110 valence electrons. The number of hydrogen-bond acceptors (Lipinski definition) is 3. The summed E-state index contributed by atoms with van der Waals surface area (Å²) in [5.41, 5.74) is 0.726. The smallest absolute Gasteiger partial charge is 0.0338 e. The van der Waals surface area contributed by atoms with Gasteiger partial charge in [-0.15, -0.1) is 11.3 Å². The number of rotatable bonds is 4. The summed E-state index contributed by atoms with van der Waals surface area (Å²) in [6.07, 6.45) is 5.71. The van der Waals surface area contributed by atoms with Gasteiger partial charge in [0.25, 0.3) is 0 Å². The summed E-state index contributed by atoms with van der Waals surface area (Å²) in [7, 11) is 0. The fraction of sp³-hybridized carbons (Fsp3) is 0.765. The molecule has 0 bridgehead atoms. The van der Waals surface area contributed by atoms with Crippen LogP contribution in [0.25, 0.3) is 0 Å². The minimum atomic E-state index is 0.353. The van der Waals surface area contributed by atoms with Crippen LogP contribution < -0.4 is 5.32 Å². The summed E-state index contributed by atoms with van der Waals surface area (Å²) in [5.74, 6) is 1.83. The van der Waals surface area contributed by atoms with E-state index in [-0.39, 0.29) is 0 Å². The van der Waals surface area contributed by atoms with Crippen LogP contribution in [0.1, 0.15) is 44.4 Å². The Bertz CT molecular complexity index is 477. The lowest BCUT2D eigenvalue weighted by Gasteiger charge is -2.53. The fourth-order valence-corrected chi connectivity index (χ4v) is 4.77. The van der Waals surface area contributed by atoms with Crippen molar-refractivity contribution in [1.82, 2.24) is 10.2 Å². The van der Waals surface area contributed by atoms with Gasteiger partial charge in [-0.05, 0) is 62.8 Å². The maximum Gasteiger partial charge on any atom is 0.0338 e. The summed E-state index contributed by atoms with van der Waals surface area (Å²) >= 11 is 1.91. The van der Waals surface area contributed by atoms with Gasteiger partial charge in [0.2, 0.25) is 0 Å². The molecular formula is C17H26N2S. The van der Waals surface area contributed by atoms with Gasteiger partial charge in [-0.1, -0.05) is 6.07 Å². The second kappa shape index (κ2) is 4.56. The minimum absolute atomic E-state index is 0.353. The van der Waals surface area contributed by atoms with Crippen LogP contribution in [0.5, 0.6) is 0 Å². The number of thiophene rings is 1. The van der Waals surface area contributed by atoms with E-state index in [9.17, 15) is 0 Å². The van der Waals surface area contributed by atoms with Gasteiger partial charge in [-0.2, -0.15) is 0 Å². The molecule has 3 fully saturated rings. The van der Waals surface area contributed by atoms with E-state index in [4.69, 9.17) is 0 Å². The van der Waals surface area contributed by atoms with Crippen LogP contribution in [-0.2, 0) is 6.54 Å². The first-order valence-electron chi connectivity index (χ1n) is 8.13. The summed E-state index contributed by atoms with van der Waals surface area (Å²) in [6.45, 7) is 8.50. The lowest BCUT2D eigenvalue weighted by atomic mass is 9.83. The number of hydrogen-bond donors (Lipinski definition) is 1. The maximum atomic E-state index is 3.94. The van der Waals surface area contributed by atoms with Crippen molar-refractivity contribution in [3.05, 3.63) is 22.4 Å². The average molecular weight is 290 g/mol. The predicted molar refractivity (Wildman–Crippen MR) is 85.0 cm³/mol. The van der Waals surface area contributed by atoms with Gasteiger partial charge in [0, 0.05) is 35.6 Å². The zero-order chi connectivity index (χ0) is 13.8. The molecule has 2 heterocycles. The van der Waals surface area contributed by atoms with Crippen LogP contribution >= 0.6 is 11.3 Å². The van der Waals surface area contributed by atoms with E-state index in [0.29, 0.717) is 11.1 Å². The highest BCUT2D eigenvalue weighted by Crippen LogP contribution is 2.49. The Labute approximate surface area is 126 Å². The van der Waals surface area contributed by atoms with Crippen molar-refractivity contribution in [2.45, 2.75) is 57.2 Å². The number of piperazine rings is 1. The molecular weight excluding hydrogens is 264 g/mol. The van der Waals surface area contributed by atoms with Crippen molar-refractivity contribution in [2.75, 3.05) is 13.1 Å². The van der Waals surface area contributed by atoms with Gasteiger partial charge < -0.3 is 5.32 Å². The van der Waals surface area contributed by atoms with Crippen LogP contribution in [-0.4, -0.2) is 29.1 Å². The zero-order valence-electron chi connectivity index (χ0n) is 12.7. The Balaban J connectivity index is 1.57. The molecule has 2 aliphatic carbocycles. The molecule has 4 rings (SSSR count). The Hall–Kier alpha value is -0.380. The molecule has 0 amide bonds. The molecule has 2 atom stereocenters. The van der Waals surface area contributed by atoms with E-state index in [1.807, 2.05) is 11.3 Å². The van der Waals surface area contributed by atoms with Gasteiger partial charge in [0.05, 0.1) is 0 Å². The normalized spacial score (nSPS) is 39.1. The largest absolute Gasteiger partial charge is 0.308 e. The van der Waals surface area contributed by atoms with Gasteiger partial charge >= 0.3 is 0 Å². The minimum Gasteiger partial charge on any atom is -0.308 e. The van der Waals surface area contributed by atoms with E-state index in [1.54, 1.807) is 0 Å². The monoisotopic (exact) mass is 290 g/mol. The van der Waals surface area contributed by atoms with Gasteiger partial charge in [-0.3, -0.25) is 4.90 Å². The molecule has 1 saturated heterocycles. The van der Waals surface area contributed by atoms with E-state index in [2.05, 4.69) is 41.6 Å². The number of nitrogens with one attached hydrogen (secondary N) is 1. The first-order chi connectivity index (χ1) is 9.60. The second-order valence-electron chi connectivity index (χ2n) is 7.61. The molecule has 20 heavy (non-hydrogen) atoms. The van der Waals surface area contributed by atoms with Gasteiger partial charge in [0.1, 0.15) is 0 Å². The topological polar surface area (TPSA) is 15.3 Å². The van der Waals surface area contributed by atoms with Crippen LogP contribution in [0, 0.1) is 11.8 Å². The summed E-state index contributed by atoms with van der Waals surface area (Å²) in [6, 6.07) is 4.49. The van der Waals surface area contributed by atoms with E-state index in [0.717, 1.165) is 18.4 Å². The number of nitrogens with zero attached hydrogens (tertiary/aromatic N) is 1. The second-order valence-corrected chi connectivity index (χ2v) is 8.64. The Morgan fingerprint density at radius 2 is 2.00 bits per heavy atom. The third-order valence-corrected chi connectivity index (χ3v) is 6.82. The molecule has 2 nitrogen and oxygen atoms in total. The highest BCUT2D eigenvalue weighted by molar-refractivity contribution is 7.09. The van der Waals surface area contributed by atoms with E-state index >= 15 is 0 Å².